The third kappa shape index (κ3) is 73.5. The first kappa shape index (κ1) is 87.2. The van der Waals surface area contributed by atoms with E-state index in [-0.39, 0.29) is 32.2 Å². The van der Waals surface area contributed by atoms with Gasteiger partial charge in [0.1, 0.15) is 13.2 Å². The number of carbonyl (C=O) groups is 3. The number of nitrogens with zero attached hydrogens (tertiary/aromatic N) is 1. The van der Waals surface area contributed by atoms with Crippen molar-refractivity contribution in [2.45, 2.75) is 360 Å². The molecule has 526 valence electrons. The van der Waals surface area contributed by atoms with Gasteiger partial charge in [0.15, 0.2) is 6.10 Å². The summed E-state index contributed by atoms with van der Waals surface area (Å²) in [5.41, 5.74) is 0. The molecule has 0 aliphatic rings. The van der Waals surface area contributed by atoms with E-state index in [4.69, 9.17) is 18.9 Å². The maximum absolute atomic E-state index is 13.0. The summed E-state index contributed by atoms with van der Waals surface area (Å²) in [4.78, 5) is 37.7. The Labute approximate surface area is 562 Å². The number of carboxylic acids is 1. The topological polar surface area (TPSA) is 108 Å². The quantitative estimate of drug-likeness (QED) is 0.0211. The molecule has 0 spiro atoms. The molecule has 1 N–H and O–H groups in total. The lowest BCUT2D eigenvalue weighted by Gasteiger charge is -2.25. The number of esters is 2. The number of unbranched alkanes of at least 4 members (excludes halogenated alkanes) is 40. The van der Waals surface area contributed by atoms with Crippen molar-refractivity contribution >= 4 is 17.9 Å². The maximum atomic E-state index is 13.0. The number of carbonyl (C=O) groups excluding carboxylic acids is 2. The first-order chi connectivity index (χ1) is 44.6. The van der Waals surface area contributed by atoms with Crippen molar-refractivity contribution in [3.63, 3.8) is 0 Å². The first-order valence-corrected chi connectivity index (χ1v) is 38.4. The lowest BCUT2D eigenvalue weighted by atomic mass is 10.0. The lowest BCUT2D eigenvalue weighted by Crippen LogP contribution is -2.40. The van der Waals surface area contributed by atoms with Crippen molar-refractivity contribution in [2.24, 2.45) is 0 Å². The number of ether oxygens (including phenoxy) is 4. The predicted molar refractivity (Wildman–Crippen MR) is 392 cm³/mol. The second kappa shape index (κ2) is 72.0. The van der Waals surface area contributed by atoms with Gasteiger partial charge in [-0.2, -0.15) is 0 Å². The fourth-order valence-electron chi connectivity index (χ4n) is 11.0. The average Bonchev–Trinajstić information content (AvgIpc) is 3.65. The van der Waals surface area contributed by atoms with Gasteiger partial charge in [0.05, 0.1) is 34.4 Å². The summed E-state index contributed by atoms with van der Waals surface area (Å²) < 4.78 is 23.0. The number of likely N-dealkylation sites (N-methyl/N-ethyl adjacent to an activating group) is 1. The summed E-state index contributed by atoms with van der Waals surface area (Å²) in [7, 11) is 5.99. The summed E-state index contributed by atoms with van der Waals surface area (Å²) >= 11 is 0. The summed E-state index contributed by atoms with van der Waals surface area (Å²) in [6.45, 7) is 4.79. The zero-order chi connectivity index (χ0) is 66.1. The fraction of sp³-hybridized carbons (Fsp3) is 0.768. The van der Waals surface area contributed by atoms with E-state index in [1.165, 1.54) is 231 Å². The molecule has 0 aromatic rings. The van der Waals surface area contributed by atoms with Crippen LogP contribution in [0, 0.1) is 0 Å². The molecule has 0 aromatic carbocycles. The molecule has 0 aliphatic heterocycles. The Kier molecular flexibility index (Phi) is 69.0. The van der Waals surface area contributed by atoms with E-state index in [9.17, 15) is 19.5 Å². The van der Waals surface area contributed by atoms with Crippen LogP contribution in [-0.2, 0) is 33.3 Å². The molecule has 9 nitrogen and oxygen atoms in total. The van der Waals surface area contributed by atoms with E-state index in [0.717, 1.165) is 89.9 Å². The molecule has 0 bridgehead atoms. The number of rotatable bonds is 71. The molecule has 0 fully saturated rings. The molecule has 2 atom stereocenters. The molecule has 0 saturated heterocycles. The third-order valence-corrected chi connectivity index (χ3v) is 16.8. The van der Waals surface area contributed by atoms with Crippen molar-refractivity contribution in [3.05, 3.63) is 97.2 Å². The van der Waals surface area contributed by atoms with Crippen LogP contribution in [0.15, 0.2) is 97.2 Å². The summed E-state index contributed by atoms with van der Waals surface area (Å²) in [5, 5.41) is 9.77. The highest BCUT2D eigenvalue weighted by Crippen LogP contribution is 2.18. The zero-order valence-electron chi connectivity index (χ0n) is 60.2. The molecule has 0 aliphatic carbocycles. The molecule has 91 heavy (non-hydrogen) atoms. The molecular weight excluding hydrogens is 1130 g/mol. The second-order valence-corrected chi connectivity index (χ2v) is 26.9. The van der Waals surface area contributed by atoms with Crippen LogP contribution in [0.1, 0.15) is 348 Å². The zero-order valence-corrected chi connectivity index (χ0v) is 60.2. The van der Waals surface area contributed by atoms with Gasteiger partial charge in [-0.15, -0.1) is 0 Å². The lowest BCUT2D eigenvalue weighted by molar-refractivity contribution is -0.870. The smallest absolute Gasteiger partial charge is 0.361 e. The minimum Gasteiger partial charge on any atom is -0.477 e. The van der Waals surface area contributed by atoms with Crippen molar-refractivity contribution in [3.8, 4) is 0 Å². The van der Waals surface area contributed by atoms with Gasteiger partial charge < -0.3 is 28.5 Å². The Hall–Kier alpha value is -3.79. The van der Waals surface area contributed by atoms with E-state index >= 15 is 0 Å². The summed E-state index contributed by atoms with van der Waals surface area (Å²) in [6.07, 6.45) is 96.9. The highest BCUT2D eigenvalue weighted by molar-refractivity contribution is 5.71. The van der Waals surface area contributed by atoms with Gasteiger partial charge in [0, 0.05) is 12.8 Å². The largest absolute Gasteiger partial charge is 0.477 e. The number of aliphatic carboxylic acids is 1. The maximum Gasteiger partial charge on any atom is 0.361 e. The number of hydrogen-bond donors (Lipinski definition) is 1. The Morgan fingerprint density at radius 1 is 0.341 bits per heavy atom. The molecule has 0 amide bonds. The van der Waals surface area contributed by atoms with E-state index < -0.39 is 24.3 Å². The predicted octanol–water partition coefficient (Wildman–Crippen LogP) is 24.4. The fourth-order valence-corrected chi connectivity index (χ4v) is 11.0. The van der Waals surface area contributed by atoms with Crippen LogP contribution in [0.25, 0.3) is 0 Å². The normalized spacial score (nSPS) is 13.2. The molecule has 0 heterocycles. The number of quaternary nitrogens is 1. The van der Waals surface area contributed by atoms with Gasteiger partial charge >= 0.3 is 17.9 Å². The van der Waals surface area contributed by atoms with Crippen LogP contribution in [0.2, 0.25) is 0 Å². The molecule has 2 unspecified atom stereocenters. The van der Waals surface area contributed by atoms with Crippen LogP contribution in [0.5, 0.6) is 0 Å². The van der Waals surface area contributed by atoms with Gasteiger partial charge in [-0.25, -0.2) is 4.79 Å². The summed E-state index contributed by atoms with van der Waals surface area (Å²) in [5.74, 6) is -1.99. The van der Waals surface area contributed by atoms with E-state index in [0.29, 0.717) is 17.4 Å². The molecule has 9 heteroatoms. The van der Waals surface area contributed by atoms with Crippen LogP contribution < -0.4 is 0 Å². The van der Waals surface area contributed by atoms with Crippen molar-refractivity contribution in [1.82, 2.24) is 0 Å². The Balaban J connectivity index is 4.04. The number of carboxylic acid groups (broad SMARTS) is 1. The summed E-state index contributed by atoms with van der Waals surface area (Å²) in [6, 6.07) is 0. The van der Waals surface area contributed by atoms with Gasteiger partial charge in [-0.05, 0) is 96.3 Å². The number of allylic oxidation sites excluding steroid dienone is 16. The van der Waals surface area contributed by atoms with E-state index in [2.05, 4.69) is 111 Å². The van der Waals surface area contributed by atoms with Gasteiger partial charge in [0.2, 0.25) is 0 Å². The highest BCUT2D eigenvalue weighted by atomic mass is 16.7. The SMILES string of the molecule is CC/C=C\C/C=C\C/C=C\C/C=C\C/C=C\C/C=C\CCCCCCCCCCCCCCC(=O)OC(COC(=O)CCCCCCCCCCCCCCCCCCCCCCCCC/C=C\C/C=C\CCCCCCC)COC(OCC[N+](C)(C)C)C(=O)O. The van der Waals surface area contributed by atoms with Gasteiger partial charge in [-0.3, -0.25) is 9.59 Å². The van der Waals surface area contributed by atoms with Crippen molar-refractivity contribution in [2.75, 3.05) is 47.5 Å². The van der Waals surface area contributed by atoms with Crippen molar-refractivity contribution < 1.29 is 42.9 Å². The highest BCUT2D eigenvalue weighted by Gasteiger charge is 2.25. The molecule has 0 aromatic heterocycles. The van der Waals surface area contributed by atoms with Crippen LogP contribution in [0.4, 0.5) is 0 Å². The van der Waals surface area contributed by atoms with Gasteiger partial charge in [0.25, 0.3) is 6.29 Å². The average molecular weight is 1270 g/mol. The standard InChI is InChI=1S/C82H145NO8/c1-6-8-10-12-14-16-18-20-22-24-26-28-30-32-34-36-38-39-40-41-43-44-46-48-50-52-54-56-58-60-62-64-66-68-70-72-79(84)89-76-78(77-90-82(81(86)87)88-75-74-83(3,4)5)91-80(85)73-71-69-67-65-63-61-59-57-55-53-51-49-47-45-42-37-35-33-31-29-27-25-23-21-19-17-15-13-11-9-7-2/h9,11,15,17-18,20-21,23-24,26-27,29,33,35,42,45,78,82H,6-8,10,12-14,16,19,22,25,28,30-32,34,36-41,43-44,46-77H2,1-5H3/p+1/b11-9-,17-15-,20-18-,23-21-,26-24-,29-27-,35-33-,45-42-. The van der Waals surface area contributed by atoms with Crippen LogP contribution >= 0.6 is 0 Å². The molecule has 0 saturated carbocycles. The molecule has 0 rings (SSSR count). The van der Waals surface area contributed by atoms with Crippen molar-refractivity contribution in [1.29, 1.82) is 0 Å². The second-order valence-electron chi connectivity index (χ2n) is 26.9. The number of hydrogen-bond acceptors (Lipinski definition) is 7. The Bertz CT molecular complexity index is 1820. The minimum absolute atomic E-state index is 0.183. The Morgan fingerprint density at radius 2 is 0.626 bits per heavy atom. The van der Waals surface area contributed by atoms with Gasteiger partial charge in [-0.1, -0.05) is 336 Å². The van der Waals surface area contributed by atoms with E-state index in [1.54, 1.807) is 0 Å². The van der Waals surface area contributed by atoms with Crippen LogP contribution in [0.3, 0.4) is 0 Å². The van der Waals surface area contributed by atoms with Crippen LogP contribution in [-0.4, -0.2) is 87.4 Å². The molecular formula is C82H146NO8+. The minimum atomic E-state index is -1.51. The molecule has 0 radical (unpaired) electrons. The van der Waals surface area contributed by atoms with E-state index in [1.807, 2.05) is 21.1 Å². The Morgan fingerprint density at radius 3 is 0.934 bits per heavy atom. The first-order valence-electron chi connectivity index (χ1n) is 38.4. The third-order valence-electron chi connectivity index (χ3n) is 16.8. The monoisotopic (exact) mass is 1270 g/mol.